The molecule has 4 heterocycles. The highest BCUT2D eigenvalue weighted by atomic mass is 19.1. The van der Waals surface area contributed by atoms with E-state index in [2.05, 4.69) is 20.3 Å². The lowest BCUT2D eigenvalue weighted by Crippen LogP contribution is -2.50. The molecule has 5 rings (SSSR count). The van der Waals surface area contributed by atoms with Crippen LogP contribution in [-0.2, 0) is 29.0 Å². The summed E-state index contributed by atoms with van der Waals surface area (Å²) in [5, 5.41) is 0. The van der Waals surface area contributed by atoms with E-state index < -0.39 is 11.9 Å². The number of anilines is 1. The zero-order valence-corrected chi connectivity index (χ0v) is 20.0. The number of aryl methyl sites for hydroxylation is 1. The Morgan fingerprint density at radius 3 is 2.80 bits per heavy atom. The van der Waals surface area contributed by atoms with Crippen molar-refractivity contribution in [2.24, 2.45) is 5.92 Å². The van der Waals surface area contributed by atoms with Gasteiger partial charge in [0, 0.05) is 50.4 Å². The molecule has 1 atom stereocenters. The Morgan fingerprint density at radius 2 is 2.09 bits per heavy atom. The maximum Gasteiger partial charge on any atom is 0.293 e. The highest BCUT2D eigenvalue weighted by molar-refractivity contribution is 5.91. The molecule has 1 saturated carbocycles. The molecule has 2 N–H and O–H groups in total. The van der Waals surface area contributed by atoms with E-state index >= 15 is 0 Å². The third-order valence-corrected chi connectivity index (χ3v) is 7.00. The number of H-pyrrole nitrogens is 1. The number of nitrogens with one attached hydrogen (secondary N) is 2. The molecule has 2 aromatic heterocycles. The molecule has 9 nitrogen and oxygen atoms in total. The minimum absolute atomic E-state index is 0.000453. The average molecular weight is 486 g/mol. The number of carbonyl (C=O) groups is 1. The number of piperazine rings is 1. The number of fused-ring (bicyclic) bond motifs is 1. The number of hydrogen-bond donors (Lipinski definition) is 2. The van der Waals surface area contributed by atoms with Gasteiger partial charge in [-0.1, -0.05) is 6.92 Å². The largest absolute Gasteiger partial charge is 0.372 e. The maximum atomic E-state index is 14.7. The topological polar surface area (TPSA) is 99.8 Å². The summed E-state index contributed by atoms with van der Waals surface area (Å²) in [6.07, 6.45) is 3.63. The molecule has 1 aliphatic carbocycles. The first-order valence-corrected chi connectivity index (χ1v) is 12.4. The third kappa shape index (κ3) is 5.71. The zero-order valence-electron chi connectivity index (χ0n) is 20.0. The van der Waals surface area contributed by atoms with Gasteiger partial charge in [-0.3, -0.25) is 19.3 Å². The van der Waals surface area contributed by atoms with Crippen molar-refractivity contribution in [3.05, 3.63) is 57.0 Å². The number of halogens is 1. The summed E-state index contributed by atoms with van der Waals surface area (Å²) in [6, 6.07) is 5.09. The molecule has 188 valence electrons. The van der Waals surface area contributed by atoms with Gasteiger partial charge in [-0.15, -0.1) is 0 Å². The first kappa shape index (κ1) is 23.9. The number of aromatic nitrogens is 2. The number of amides is 1. The van der Waals surface area contributed by atoms with Crippen molar-refractivity contribution in [3.8, 4) is 0 Å². The SMILES string of the molecule is CCc1cc2c([nH]c1=O)CC(CN1CCN(c3ccc(C(=O)NOCC4CC4)nc3F)CC1)OC2. The first-order valence-electron chi connectivity index (χ1n) is 12.4. The number of ether oxygens (including phenoxy) is 1. The van der Waals surface area contributed by atoms with Crippen LogP contribution in [0, 0.1) is 11.9 Å². The Morgan fingerprint density at radius 1 is 1.29 bits per heavy atom. The molecule has 3 aliphatic rings. The van der Waals surface area contributed by atoms with Crippen molar-refractivity contribution < 1.29 is 18.8 Å². The number of aromatic amines is 1. The summed E-state index contributed by atoms with van der Waals surface area (Å²) >= 11 is 0. The van der Waals surface area contributed by atoms with Gasteiger partial charge < -0.3 is 14.6 Å². The summed E-state index contributed by atoms with van der Waals surface area (Å²) in [5.74, 6) is -0.683. The molecular formula is C25H32FN5O4. The van der Waals surface area contributed by atoms with Crippen LogP contribution in [0.25, 0.3) is 0 Å². The van der Waals surface area contributed by atoms with Gasteiger partial charge in [-0.25, -0.2) is 10.5 Å². The summed E-state index contributed by atoms with van der Waals surface area (Å²) < 4.78 is 20.8. The van der Waals surface area contributed by atoms with Crippen LogP contribution >= 0.6 is 0 Å². The fraction of sp³-hybridized carbons (Fsp3) is 0.560. The number of nitrogens with zero attached hydrogens (tertiary/aromatic N) is 3. The normalized spacial score (nSPS) is 20.5. The summed E-state index contributed by atoms with van der Waals surface area (Å²) in [5.41, 5.74) is 5.55. The van der Waals surface area contributed by atoms with Crippen LogP contribution in [0.4, 0.5) is 10.1 Å². The molecule has 2 aromatic rings. The van der Waals surface area contributed by atoms with Gasteiger partial charge in [-0.2, -0.15) is 4.39 Å². The summed E-state index contributed by atoms with van der Waals surface area (Å²) in [4.78, 5) is 40.6. The van der Waals surface area contributed by atoms with Crippen LogP contribution < -0.4 is 15.9 Å². The molecule has 1 saturated heterocycles. The Bertz CT molecular complexity index is 1130. The van der Waals surface area contributed by atoms with Gasteiger partial charge in [-0.05, 0) is 48.9 Å². The number of rotatable bonds is 8. The second kappa shape index (κ2) is 10.4. The molecule has 1 unspecified atom stereocenters. The second-order valence-corrected chi connectivity index (χ2v) is 9.60. The van der Waals surface area contributed by atoms with E-state index in [4.69, 9.17) is 9.57 Å². The van der Waals surface area contributed by atoms with E-state index in [1.807, 2.05) is 17.9 Å². The fourth-order valence-corrected chi connectivity index (χ4v) is 4.66. The number of pyridine rings is 2. The van der Waals surface area contributed by atoms with Gasteiger partial charge in [0.25, 0.3) is 11.5 Å². The molecule has 10 heteroatoms. The Labute approximate surface area is 203 Å². The zero-order chi connectivity index (χ0) is 24.4. The van der Waals surface area contributed by atoms with Crippen LogP contribution in [0.15, 0.2) is 23.0 Å². The van der Waals surface area contributed by atoms with Crippen molar-refractivity contribution in [2.45, 2.75) is 45.3 Å². The van der Waals surface area contributed by atoms with E-state index in [0.29, 0.717) is 50.8 Å². The van der Waals surface area contributed by atoms with Crippen LogP contribution in [0.5, 0.6) is 0 Å². The molecule has 0 aromatic carbocycles. The predicted molar refractivity (Wildman–Crippen MR) is 128 cm³/mol. The van der Waals surface area contributed by atoms with Crippen LogP contribution in [0.3, 0.4) is 0 Å². The van der Waals surface area contributed by atoms with Crippen molar-refractivity contribution >= 4 is 11.6 Å². The lowest BCUT2D eigenvalue weighted by Gasteiger charge is -2.38. The average Bonchev–Trinajstić information content (AvgIpc) is 3.68. The van der Waals surface area contributed by atoms with Crippen LogP contribution in [-0.4, -0.2) is 66.2 Å². The molecule has 0 spiro atoms. The minimum Gasteiger partial charge on any atom is -0.372 e. The van der Waals surface area contributed by atoms with E-state index in [0.717, 1.165) is 49.3 Å². The van der Waals surface area contributed by atoms with E-state index in [1.165, 1.54) is 6.07 Å². The van der Waals surface area contributed by atoms with E-state index in [9.17, 15) is 14.0 Å². The summed E-state index contributed by atoms with van der Waals surface area (Å²) in [6.45, 7) is 6.53. The van der Waals surface area contributed by atoms with Gasteiger partial charge in [0.1, 0.15) is 5.69 Å². The molecule has 1 amide bonds. The lowest BCUT2D eigenvalue weighted by molar-refractivity contribution is 0.00271. The monoisotopic (exact) mass is 485 g/mol. The van der Waals surface area contributed by atoms with Gasteiger partial charge in [0.15, 0.2) is 0 Å². The Balaban J connectivity index is 1.12. The Hall–Kier alpha value is -2.82. The molecule has 2 aliphatic heterocycles. The number of carbonyl (C=O) groups excluding carboxylic acids is 1. The fourth-order valence-electron chi connectivity index (χ4n) is 4.66. The van der Waals surface area contributed by atoms with Gasteiger partial charge in [0.2, 0.25) is 5.95 Å². The van der Waals surface area contributed by atoms with E-state index in [1.54, 1.807) is 6.07 Å². The van der Waals surface area contributed by atoms with Crippen LogP contribution in [0.2, 0.25) is 0 Å². The lowest BCUT2D eigenvalue weighted by atomic mass is 10.0. The third-order valence-electron chi connectivity index (χ3n) is 7.00. The van der Waals surface area contributed by atoms with Gasteiger partial charge >= 0.3 is 0 Å². The molecule has 2 fully saturated rings. The van der Waals surface area contributed by atoms with Crippen molar-refractivity contribution in [3.63, 3.8) is 0 Å². The summed E-state index contributed by atoms with van der Waals surface area (Å²) in [7, 11) is 0. The van der Waals surface area contributed by atoms with Crippen molar-refractivity contribution in [1.82, 2.24) is 20.3 Å². The first-order chi connectivity index (χ1) is 17.0. The van der Waals surface area contributed by atoms with Crippen molar-refractivity contribution in [2.75, 3.05) is 44.2 Å². The standard InChI is InChI=1S/C25H32FN5O4/c1-2-17-11-18-15-34-19(12-21(18)28-24(17)32)13-30-7-9-31(10-8-30)22-6-5-20(27-23(22)26)25(33)29-35-14-16-3-4-16/h5-6,11,16,19H,2-4,7-10,12-15H2,1H3,(H,28,32)(H,29,33). The minimum atomic E-state index is -0.657. The predicted octanol–water partition coefficient (Wildman–Crippen LogP) is 1.81. The van der Waals surface area contributed by atoms with E-state index in [-0.39, 0.29) is 17.4 Å². The number of hydroxylamine groups is 1. The molecular weight excluding hydrogens is 453 g/mol. The highest BCUT2D eigenvalue weighted by Gasteiger charge is 2.27. The van der Waals surface area contributed by atoms with Crippen molar-refractivity contribution in [1.29, 1.82) is 0 Å². The molecule has 35 heavy (non-hydrogen) atoms. The molecule has 0 bridgehead atoms. The van der Waals surface area contributed by atoms with Gasteiger partial charge in [0.05, 0.1) is 25.0 Å². The Kier molecular flexibility index (Phi) is 7.12. The smallest absolute Gasteiger partial charge is 0.293 e. The number of hydrogen-bond acceptors (Lipinski definition) is 7. The molecule has 0 radical (unpaired) electrons. The highest BCUT2D eigenvalue weighted by Crippen LogP contribution is 2.28. The quantitative estimate of drug-likeness (QED) is 0.435. The maximum absolute atomic E-state index is 14.7. The second-order valence-electron chi connectivity index (χ2n) is 9.60. The van der Waals surface area contributed by atoms with Crippen LogP contribution in [0.1, 0.15) is 47.1 Å².